The molecule has 8 heteroatoms. The average molecular weight is 298 g/mol. The van der Waals surface area contributed by atoms with Gasteiger partial charge in [0.25, 0.3) is 5.69 Å². The second-order valence-electron chi connectivity index (χ2n) is 5.14. The molecule has 0 saturated carbocycles. The Balaban J connectivity index is 1.94. The number of fused-ring (bicyclic) bond motifs is 2. The summed E-state index contributed by atoms with van der Waals surface area (Å²) in [6.07, 6.45) is 3.43. The number of nitro groups is 1. The van der Waals surface area contributed by atoms with Crippen molar-refractivity contribution in [2.75, 3.05) is 4.90 Å². The highest BCUT2D eigenvalue weighted by Gasteiger charge is 2.50. The van der Waals surface area contributed by atoms with E-state index in [1.807, 2.05) is 4.90 Å². The molecule has 1 N–H and O–H groups in total. The summed E-state index contributed by atoms with van der Waals surface area (Å²) in [6.45, 7) is 0. The van der Waals surface area contributed by atoms with Gasteiger partial charge in [0.15, 0.2) is 0 Å². The number of halogens is 1. The summed E-state index contributed by atoms with van der Waals surface area (Å²) in [6, 6.07) is 1.24. The maximum absolute atomic E-state index is 11.2. The molecule has 2 saturated heterocycles. The van der Waals surface area contributed by atoms with Crippen molar-refractivity contribution in [3.05, 3.63) is 27.4 Å². The van der Waals surface area contributed by atoms with E-state index < -0.39 is 16.8 Å². The summed E-state index contributed by atoms with van der Waals surface area (Å²) in [4.78, 5) is 27.4. The maximum Gasteiger partial charge on any atom is 0.308 e. The molecular weight excluding hydrogens is 286 g/mol. The number of anilines is 1. The van der Waals surface area contributed by atoms with Crippen LogP contribution in [0.25, 0.3) is 0 Å². The van der Waals surface area contributed by atoms with Crippen LogP contribution in [0.4, 0.5) is 11.5 Å². The number of carboxylic acids is 1. The zero-order chi connectivity index (χ0) is 14.4. The van der Waals surface area contributed by atoms with Crippen LogP contribution in [0, 0.1) is 16.0 Å². The minimum Gasteiger partial charge on any atom is -0.481 e. The van der Waals surface area contributed by atoms with E-state index in [1.165, 1.54) is 6.07 Å². The number of nitrogens with zero attached hydrogens (tertiary/aromatic N) is 3. The molecule has 0 aromatic carbocycles. The predicted octanol–water partition coefficient (Wildman–Crippen LogP) is 2.09. The Bertz CT molecular complexity index is 594. The monoisotopic (exact) mass is 297 g/mol. The van der Waals surface area contributed by atoms with E-state index in [9.17, 15) is 20.0 Å². The third-order valence-electron chi connectivity index (χ3n) is 4.12. The first-order chi connectivity index (χ1) is 9.49. The minimum atomic E-state index is -0.805. The Kier molecular flexibility index (Phi) is 3.01. The molecule has 3 heterocycles. The molecule has 20 heavy (non-hydrogen) atoms. The Morgan fingerprint density at radius 2 is 2.30 bits per heavy atom. The molecule has 1 aromatic heterocycles. The first-order valence-corrected chi connectivity index (χ1v) is 6.68. The van der Waals surface area contributed by atoms with E-state index in [1.54, 1.807) is 0 Å². The fourth-order valence-electron chi connectivity index (χ4n) is 3.29. The van der Waals surface area contributed by atoms with Gasteiger partial charge in [0.05, 0.1) is 15.9 Å². The number of hydrogen-bond acceptors (Lipinski definition) is 5. The summed E-state index contributed by atoms with van der Waals surface area (Å²) >= 11 is 6.08. The van der Waals surface area contributed by atoms with Crippen LogP contribution in [0.15, 0.2) is 12.3 Å². The van der Waals surface area contributed by atoms with Crippen molar-refractivity contribution < 1.29 is 14.8 Å². The fraction of sp³-hybridized carbons (Fsp3) is 0.500. The summed E-state index contributed by atoms with van der Waals surface area (Å²) in [5.41, 5.74) is -0.167. The molecule has 1 aromatic rings. The number of hydrogen-bond donors (Lipinski definition) is 1. The zero-order valence-electron chi connectivity index (χ0n) is 10.4. The lowest BCUT2D eigenvalue weighted by molar-refractivity contribution is -0.385. The topological polar surface area (TPSA) is 96.6 Å². The van der Waals surface area contributed by atoms with Gasteiger partial charge in [-0.1, -0.05) is 11.6 Å². The molecule has 106 valence electrons. The first kappa shape index (κ1) is 13.1. The molecular formula is C12H12ClN3O4. The Labute approximate surface area is 119 Å². The Hall–Kier alpha value is -1.89. The molecule has 3 atom stereocenters. The fourth-order valence-corrected chi connectivity index (χ4v) is 3.55. The molecule has 3 rings (SSSR count). The summed E-state index contributed by atoms with van der Waals surface area (Å²) < 4.78 is 0. The third-order valence-corrected chi connectivity index (χ3v) is 4.39. The second kappa shape index (κ2) is 4.59. The van der Waals surface area contributed by atoms with Gasteiger partial charge in [-0.15, -0.1) is 0 Å². The number of aromatic nitrogens is 1. The van der Waals surface area contributed by atoms with Crippen LogP contribution in [0.2, 0.25) is 5.02 Å². The molecule has 0 radical (unpaired) electrons. The summed E-state index contributed by atoms with van der Waals surface area (Å²) in [5, 5.41) is 20.1. The Morgan fingerprint density at radius 3 is 2.85 bits per heavy atom. The number of carbonyl (C=O) groups is 1. The standard InChI is InChI=1S/C12H12ClN3O4/c13-9-4-7(16(19)20)5-14-11(9)15-6-1-2-10(15)8(3-6)12(17)18/h4-6,8,10H,1-3H2,(H,17,18). The van der Waals surface area contributed by atoms with Gasteiger partial charge in [-0.05, 0) is 19.3 Å². The maximum atomic E-state index is 11.2. The lowest BCUT2D eigenvalue weighted by Gasteiger charge is -2.24. The van der Waals surface area contributed by atoms with Gasteiger partial charge in [0.1, 0.15) is 12.0 Å². The van der Waals surface area contributed by atoms with Gasteiger partial charge in [-0.3, -0.25) is 14.9 Å². The van der Waals surface area contributed by atoms with Crippen LogP contribution in [0.1, 0.15) is 19.3 Å². The number of carboxylic acid groups (broad SMARTS) is 1. The van der Waals surface area contributed by atoms with Gasteiger partial charge in [-0.25, -0.2) is 4.98 Å². The van der Waals surface area contributed by atoms with Crippen molar-refractivity contribution >= 4 is 29.1 Å². The van der Waals surface area contributed by atoms with Crippen LogP contribution in [-0.2, 0) is 4.79 Å². The molecule has 0 spiro atoms. The average Bonchev–Trinajstić information content (AvgIpc) is 2.96. The first-order valence-electron chi connectivity index (χ1n) is 6.30. The lowest BCUT2D eigenvalue weighted by atomic mass is 9.89. The van der Waals surface area contributed by atoms with Gasteiger partial charge < -0.3 is 10.0 Å². The van der Waals surface area contributed by atoms with Crippen molar-refractivity contribution in [2.45, 2.75) is 31.3 Å². The molecule has 2 bridgehead atoms. The molecule has 3 unspecified atom stereocenters. The van der Waals surface area contributed by atoms with Crippen molar-refractivity contribution in [2.24, 2.45) is 5.92 Å². The van der Waals surface area contributed by atoms with Gasteiger partial charge in [0.2, 0.25) is 0 Å². The molecule has 7 nitrogen and oxygen atoms in total. The molecule has 2 aliphatic rings. The van der Waals surface area contributed by atoms with E-state index in [4.69, 9.17) is 11.6 Å². The van der Waals surface area contributed by atoms with Gasteiger partial charge in [-0.2, -0.15) is 0 Å². The van der Waals surface area contributed by atoms with Crippen LogP contribution < -0.4 is 4.90 Å². The van der Waals surface area contributed by atoms with Crippen LogP contribution >= 0.6 is 11.6 Å². The third kappa shape index (κ3) is 1.89. The predicted molar refractivity (Wildman–Crippen MR) is 70.9 cm³/mol. The molecule has 2 aliphatic heterocycles. The van der Waals surface area contributed by atoms with Gasteiger partial charge in [0, 0.05) is 18.2 Å². The number of aliphatic carboxylic acids is 1. The highest BCUT2D eigenvalue weighted by Crippen LogP contribution is 2.46. The molecule has 0 amide bonds. The van der Waals surface area contributed by atoms with Crippen LogP contribution in [-0.4, -0.2) is 33.1 Å². The van der Waals surface area contributed by atoms with Crippen molar-refractivity contribution in [3.63, 3.8) is 0 Å². The highest BCUT2D eigenvalue weighted by atomic mass is 35.5. The Morgan fingerprint density at radius 1 is 1.55 bits per heavy atom. The summed E-state index contributed by atoms with van der Waals surface area (Å²) in [5.74, 6) is -0.768. The molecule has 0 aliphatic carbocycles. The van der Waals surface area contributed by atoms with E-state index in [2.05, 4.69) is 4.98 Å². The highest BCUT2D eigenvalue weighted by molar-refractivity contribution is 6.33. The quantitative estimate of drug-likeness (QED) is 0.678. The van der Waals surface area contributed by atoms with E-state index in [0.717, 1.165) is 19.0 Å². The number of pyridine rings is 1. The van der Waals surface area contributed by atoms with Crippen molar-refractivity contribution in [1.82, 2.24) is 4.98 Å². The SMILES string of the molecule is O=C(O)C1CC2CCC1N2c1ncc([N+](=O)[O-])cc1Cl. The van der Waals surface area contributed by atoms with E-state index >= 15 is 0 Å². The zero-order valence-corrected chi connectivity index (χ0v) is 11.2. The largest absolute Gasteiger partial charge is 0.481 e. The second-order valence-corrected chi connectivity index (χ2v) is 5.55. The van der Waals surface area contributed by atoms with Crippen molar-refractivity contribution in [3.8, 4) is 0 Å². The smallest absolute Gasteiger partial charge is 0.308 e. The summed E-state index contributed by atoms with van der Waals surface area (Å²) in [7, 11) is 0. The molecule has 2 fully saturated rings. The van der Waals surface area contributed by atoms with Gasteiger partial charge >= 0.3 is 5.97 Å². The normalized spacial score (nSPS) is 27.9. The number of rotatable bonds is 3. The minimum absolute atomic E-state index is 0.104. The van der Waals surface area contributed by atoms with Crippen molar-refractivity contribution in [1.29, 1.82) is 0 Å². The van der Waals surface area contributed by atoms with E-state index in [-0.39, 0.29) is 22.8 Å². The lowest BCUT2D eigenvalue weighted by Crippen LogP contribution is -2.33. The van der Waals surface area contributed by atoms with Crippen LogP contribution in [0.5, 0.6) is 0 Å². The van der Waals surface area contributed by atoms with Crippen LogP contribution in [0.3, 0.4) is 0 Å². The van der Waals surface area contributed by atoms with E-state index in [0.29, 0.717) is 12.2 Å².